The van der Waals surface area contributed by atoms with E-state index in [1.54, 1.807) is 0 Å². The standard InChI is InChI=1S/C13H15NS/c14-13-9-2-1-5-11(13)6-3-7-12-8-4-10-15-12/h1-2,4-5,8-10H,3,6-7,14H2. The Morgan fingerprint density at radius 1 is 1.00 bits per heavy atom. The molecule has 1 heterocycles. The predicted molar refractivity (Wildman–Crippen MR) is 67.2 cm³/mol. The zero-order valence-electron chi connectivity index (χ0n) is 8.65. The molecule has 0 saturated carbocycles. The molecule has 78 valence electrons. The van der Waals surface area contributed by atoms with Crippen molar-refractivity contribution in [3.8, 4) is 0 Å². The van der Waals surface area contributed by atoms with E-state index in [1.807, 2.05) is 23.5 Å². The van der Waals surface area contributed by atoms with Crippen molar-refractivity contribution in [1.82, 2.24) is 0 Å². The Morgan fingerprint density at radius 2 is 1.87 bits per heavy atom. The van der Waals surface area contributed by atoms with Crippen molar-refractivity contribution >= 4 is 17.0 Å². The van der Waals surface area contributed by atoms with Gasteiger partial charge in [-0.05, 0) is 42.3 Å². The number of thiophene rings is 1. The summed E-state index contributed by atoms with van der Waals surface area (Å²) in [7, 11) is 0. The minimum Gasteiger partial charge on any atom is -0.399 e. The van der Waals surface area contributed by atoms with Crippen LogP contribution in [-0.4, -0.2) is 0 Å². The lowest BCUT2D eigenvalue weighted by Gasteiger charge is -2.03. The van der Waals surface area contributed by atoms with E-state index in [2.05, 4.69) is 29.6 Å². The minimum absolute atomic E-state index is 0.920. The zero-order chi connectivity index (χ0) is 10.5. The van der Waals surface area contributed by atoms with Gasteiger partial charge < -0.3 is 5.73 Å². The van der Waals surface area contributed by atoms with Crippen LogP contribution in [0.2, 0.25) is 0 Å². The molecule has 15 heavy (non-hydrogen) atoms. The SMILES string of the molecule is Nc1ccccc1CCCc1cccs1. The first-order chi connectivity index (χ1) is 7.36. The lowest BCUT2D eigenvalue weighted by molar-refractivity contribution is 0.833. The Morgan fingerprint density at radius 3 is 2.60 bits per heavy atom. The van der Waals surface area contributed by atoms with Crippen LogP contribution in [-0.2, 0) is 12.8 Å². The molecule has 0 amide bonds. The Balaban J connectivity index is 1.86. The number of hydrogen-bond acceptors (Lipinski definition) is 2. The maximum Gasteiger partial charge on any atom is 0.0346 e. The van der Waals surface area contributed by atoms with Gasteiger partial charge in [-0.3, -0.25) is 0 Å². The Bertz CT molecular complexity index is 406. The van der Waals surface area contributed by atoms with Crippen molar-refractivity contribution in [2.24, 2.45) is 0 Å². The van der Waals surface area contributed by atoms with Gasteiger partial charge in [-0.25, -0.2) is 0 Å². The van der Waals surface area contributed by atoms with Crippen molar-refractivity contribution in [3.63, 3.8) is 0 Å². The molecule has 0 aliphatic carbocycles. The lowest BCUT2D eigenvalue weighted by Crippen LogP contribution is -1.94. The Hall–Kier alpha value is -1.28. The molecule has 0 bridgehead atoms. The van der Waals surface area contributed by atoms with E-state index in [0.29, 0.717) is 0 Å². The molecule has 0 atom stereocenters. The molecule has 1 aromatic carbocycles. The second-order valence-corrected chi connectivity index (χ2v) is 4.66. The van der Waals surface area contributed by atoms with Crippen LogP contribution in [0.15, 0.2) is 41.8 Å². The molecule has 1 nitrogen and oxygen atoms in total. The largest absolute Gasteiger partial charge is 0.399 e. The van der Waals surface area contributed by atoms with Crippen molar-refractivity contribution in [3.05, 3.63) is 52.2 Å². The third-order valence-corrected chi connectivity index (χ3v) is 3.44. The molecule has 0 aliphatic heterocycles. The van der Waals surface area contributed by atoms with Crippen molar-refractivity contribution in [2.45, 2.75) is 19.3 Å². The zero-order valence-corrected chi connectivity index (χ0v) is 9.46. The quantitative estimate of drug-likeness (QED) is 0.779. The topological polar surface area (TPSA) is 26.0 Å². The summed E-state index contributed by atoms with van der Waals surface area (Å²) in [5.74, 6) is 0. The van der Waals surface area contributed by atoms with Crippen LogP contribution in [0.1, 0.15) is 16.9 Å². The van der Waals surface area contributed by atoms with Crippen LogP contribution >= 0.6 is 11.3 Å². The molecular weight excluding hydrogens is 202 g/mol. The number of para-hydroxylation sites is 1. The average molecular weight is 217 g/mol. The number of aryl methyl sites for hydroxylation is 2. The summed E-state index contributed by atoms with van der Waals surface area (Å²) in [5, 5.41) is 2.13. The molecule has 2 rings (SSSR count). The van der Waals surface area contributed by atoms with E-state index in [1.165, 1.54) is 16.9 Å². The highest BCUT2D eigenvalue weighted by molar-refractivity contribution is 7.09. The van der Waals surface area contributed by atoms with E-state index in [9.17, 15) is 0 Å². The normalized spacial score (nSPS) is 10.4. The summed E-state index contributed by atoms with van der Waals surface area (Å²) < 4.78 is 0. The molecule has 0 fully saturated rings. The second kappa shape index (κ2) is 4.99. The molecule has 0 unspecified atom stereocenters. The van der Waals surface area contributed by atoms with Gasteiger partial charge in [0.1, 0.15) is 0 Å². The van der Waals surface area contributed by atoms with Crippen LogP contribution in [0.3, 0.4) is 0 Å². The van der Waals surface area contributed by atoms with Gasteiger partial charge >= 0.3 is 0 Å². The third-order valence-electron chi connectivity index (χ3n) is 2.50. The first kappa shape index (κ1) is 10.2. The number of benzene rings is 1. The second-order valence-electron chi connectivity index (χ2n) is 3.63. The molecule has 1 aromatic heterocycles. The van der Waals surface area contributed by atoms with Gasteiger partial charge in [0.15, 0.2) is 0 Å². The van der Waals surface area contributed by atoms with E-state index in [0.717, 1.165) is 18.5 Å². The average Bonchev–Trinajstić information content (AvgIpc) is 2.74. The van der Waals surface area contributed by atoms with Crippen molar-refractivity contribution in [2.75, 3.05) is 5.73 Å². The van der Waals surface area contributed by atoms with Gasteiger partial charge in [0.2, 0.25) is 0 Å². The summed E-state index contributed by atoms with van der Waals surface area (Å²) >= 11 is 1.83. The number of anilines is 1. The van der Waals surface area contributed by atoms with Gasteiger partial charge in [0.25, 0.3) is 0 Å². The third kappa shape index (κ3) is 2.83. The highest BCUT2D eigenvalue weighted by Gasteiger charge is 1.98. The fourth-order valence-electron chi connectivity index (χ4n) is 1.67. The Labute approximate surface area is 94.6 Å². The minimum atomic E-state index is 0.920. The smallest absolute Gasteiger partial charge is 0.0346 e. The predicted octanol–water partition coefficient (Wildman–Crippen LogP) is 3.51. The van der Waals surface area contributed by atoms with E-state index < -0.39 is 0 Å². The first-order valence-electron chi connectivity index (χ1n) is 5.22. The van der Waals surface area contributed by atoms with Crippen LogP contribution in [0, 0.1) is 0 Å². The monoisotopic (exact) mass is 217 g/mol. The maximum atomic E-state index is 5.88. The Kier molecular flexibility index (Phi) is 3.41. The molecule has 0 radical (unpaired) electrons. The van der Waals surface area contributed by atoms with Crippen LogP contribution < -0.4 is 5.73 Å². The van der Waals surface area contributed by atoms with Crippen LogP contribution in [0.4, 0.5) is 5.69 Å². The number of hydrogen-bond donors (Lipinski definition) is 1. The molecule has 0 saturated heterocycles. The van der Waals surface area contributed by atoms with Crippen LogP contribution in [0.25, 0.3) is 0 Å². The van der Waals surface area contributed by atoms with Gasteiger partial charge in [-0.2, -0.15) is 0 Å². The van der Waals surface area contributed by atoms with Crippen LogP contribution in [0.5, 0.6) is 0 Å². The highest BCUT2D eigenvalue weighted by Crippen LogP contribution is 2.16. The molecule has 2 heteroatoms. The summed E-state index contributed by atoms with van der Waals surface area (Å²) in [4.78, 5) is 1.46. The molecule has 0 aliphatic rings. The van der Waals surface area contributed by atoms with Crippen molar-refractivity contribution < 1.29 is 0 Å². The van der Waals surface area contributed by atoms with Crippen molar-refractivity contribution in [1.29, 1.82) is 0 Å². The number of nitrogens with two attached hydrogens (primary N) is 1. The molecule has 2 N–H and O–H groups in total. The first-order valence-corrected chi connectivity index (χ1v) is 6.10. The number of nitrogen functional groups attached to an aromatic ring is 1. The van der Waals surface area contributed by atoms with Gasteiger partial charge in [0, 0.05) is 10.6 Å². The van der Waals surface area contributed by atoms with E-state index in [4.69, 9.17) is 5.73 Å². The summed E-state index contributed by atoms with van der Waals surface area (Å²) in [6.07, 6.45) is 3.41. The summed E-state index contributed by atoms with van der Waals surface area (Å²) in [6, 6.07) is 12.4. The summed E-state index contributed by atoms with van der Waals surface area (Å²) in [5.41, 5.74) is 8.07. The maximum absolute atomic E-state index is 5.88. The van der Waals surface area contributed by atoms with Gasteiger partial charge in [-0.15, -0.1) is 11.3 Å². The van der Waals surface area contributed by atoms with E-state index >= 15 is 0 Å². The van der Waals surface area contributed by atoms with Gasteiger partial charge in [-0.1, -0.05) is 24.3 Å². The lowest BCUT2D eigenvalue weighted by atomic mass is 10.1. The molecule has 0 spiro atoms. The molecular formula is C13H15NS. The summed E-state index contributed by atoms with van der Waals surface area (Å²) in [6.45, 7) is 0. The van der Waals surface area contributed by atoms with Gasteiger partial charge in [0.05, 0.1) is 0 Å². The molecule has 2 aromatic rings. The fourth-order valence-corrected chi connectivity index (χ4v) is 2.42. The fraction of sp³-hybridized carbons (Fsp3) is 0.231. The van der Waals surface area contributed by atoms with E-state index in [-0.39, 0.29) is 0 Å². The highest BCUT2D eigenvalue weighted by atomic mass is 32.1. The number of rotatable bonds is 4.